The minimum absolute atomic E-state index is 0.0613. The molecule has 2 N–H and O–H groups in total. The van der Waals surface area contributed by atoms with Crippen molar-refractivity contribution < 1.29 is 4.79 Å². The summed E-state index contributed by atoms with van der Waals surface area (Å²) in [7, 11) is 0. The molecule has 0 aliphatic carbocycles. The van der Waals surface area contributed by atoms with Crippen LogP contribution in [0.1, 0.15) is 30.1 Å². The van der Waals surface area contributed by atoms with Gasteiger partial charge in [-0.25, -0.2) is 0 Å². The highest BCUT2D eigenvalue weighted by molar-refractivity contribution is 9.10. The van der Waals surface area contributed by atoms with Gasteiger partial charge in [0.15, 0.2) is 0 Å². The zero-order valence-electron chi connectivity index (χ0n) is 10.2. The van der Waals surface area contributed by atoms with Gasteiger partial charge in [-0.2, -0.15) is 0 Å². The zero-order chi connectivity index (χ0) is 13.2. The molecule has 0 unspecified atom stereocenters. The maximum Gasteiger partial charge on any atom is 0.251 e. The summed E-state index contributed by atoms with van der Waals surface area (Å²) in [5.74, 6) is -0.0613. The van der Waals surface area contributed by atoms with Crippen LogP contribution < -0.4 is 10.6 Å². The summed E-state index contributed by atoms with van der Waals surface area (Å²) in [5, 5.41) is 6.95. The number of halogens is 2. The van der Waals surface area contributed by atoms with Crippen molar-refractivity contribution in [2.75, 3.05) is 13.1 Å². The summed E-state index contributed by atoms with van der Waals surface area (Å²) in [5.41, 5.74) is 0.477. The summed E-state index contributed by atoms with van der Waals surface area (Å²) >= 11 is 9.31. The van der Waals surface area contributed by atoms with E-state index in [2.05, 4.69) is 33.5 Å². The molecule has 1 heterocycles. The third-order valence-electron chi connectivity index (χ3n) is 3.30. The summed E-state index contributed by atoms with van der Waals surface area (Å²) in [6, 6.07) is 5.25. The van der Waals surface area contributed by atoms with Gasteiger partial charge in [0.1, 0.15) is 0 Å². The molecule has 0 radical (unpaired) electrons. The number of piperidine rings is 1. The van der Waals surface area contributed by atoms with Gasteiger partial charge in [0.25, 0.3) is 5.91 Å². The standard InChI is InChI=1S/C13H16BrClN2O/c1-13(4-6-16-7-5-13)17-12(18)9-2-3-10(14)11(15)8-9/h2-3,8,16H,4-7H2,1H3,(H,17,18). The summed E-state index contributed by atoms with van der Waals surface area (Å²) in [4.78, 5) is 12.2. The Morgan fingerprint density at radius 2 is 2.11 bits per heavy atom. The number of rotatable bonds is 2. The predicted molar refractivity (Wildman–Crippen MR) is 77.1 cm³/mol. The monoisotopic (exact) mass is 330 g/mol. The van der Waals surface area contributed by atoms with Gasteiger partial charge in [-0.05, 0) is 67.0 Å². The van der Waals surface area contributed by atoms with Gasteiger partial charge >= 0.3 is 0 Å². The SMILES string of the molecule is CC1(NC(=O)c2ccc(Br)c(Cl)c2)CCNCC1. The lowest BCUT2D eigenvalue weighted by atomic mass is 9.90. The van der Waals surface area contributed by atoms with Crippen molar-refractivity contribution >= 4 is 33.4 Å². The lowest BCUT2D eigenvalue weighted by Crippen LogP contribution is -2.52. The summed E-state index contributed by atoms with van der Waals surface area (Å²) < 4.78 is 0.800. The molecule has 5 heteroatoms. The molecular weight excluding hydrogens is 316 g/mol. The van der Waals surface area contributed by atoms with Crippen LogP contribution in [-0.2, 0) is 0 Å². The van der Waals surface area contributed by atoms with E-state index in [9.17, 15) is 4.79 Å². The third-order valence-corrected chi connectivity index (χ3v) is 4.54. The maximum atomic E-state index is 12.2. The van der Waals surface area contributed by atoms with Crippen LogP contribution in [0.3, 0.4) is 0 Å². The molecule has 3 nitrogen and oxygen atoms in total. The summed E-state index contributed by atoms with van der Waals surface area (Å²) in [6.07, 6.45) is 1.89. The van der Waals surface area contributed by atoms with Crippen LogP contribution >= 0.6 is 27.5 Å². The third kappa shape index (κ3) is 3.25. The first-order valence-corrected chi connectivity index (χ1v) is 7.16. The molecule has 1 aliphatic heterocycles. The van der Waals surface area contributed by atoms with E-state index < -0.39 is 0 Å². The fourth-order valence-electron chi connectivity index (χ4n) is 2.09. The number of benzene rings is 1. The number of hydrogen-bond donors (Lipinski definition) is 2. The first-order chi connectivity index (χ1) is 8.50. The molecule has 0 spiro atoms. The Morgan fingerprint density at radius 3 is 2.72 bits per heavy atom. The van der Waals surface area contributed by atoms with Gasteiger partial charge in [0, 0.05) is 15.6 Å². The zero-order valence-corrected chi connectivity index (χ0v) is 12.6. The van der Waals surface area contributed by atoms with Crippen molar-refractivity contribution in [2.45, 2.75) is 25.3 Å². The van der Waals surface area contributed by atoms with E-state index in [0.29, 0.717) is 10.6 Å². The van der Waals surface area contributed by atoms with Crippen LogP contribution in [0.25, 0.3) is 0 Å². The Labute approximate surface area is 120 Å². The van der Waals surface area contributed by atoms with Gasteiger partial charge in [0.05, 0.1) is 5.02 Å². The molecule has 2 rings (SSSR count). The van der Waals surface area contributed by atoms with Gasteiger partial charge in [-0.1, -0.05) is 11.6 Å². The highest BCUT2D eigenvalue weighted by Gasteiger charge is 2.28. The highest BCUT2D eigenvalue weighted by atomic mass is 79.9. The van der Waals surface area contributed by atoms with Crippen LogP contribution in [0.5, 0.6) is 0 Å². The minimum Gasteiger partial charge on any atom is -0.347 e. The van der Waals surface area contributed by atoms with Gasteiger partial charge in [-0.15, -0.1) is 0 Å². The Hall–Kier alpha value is -0.580. The van der Waals surface area contributed by atoms with Crippen molar-refractivity contribution in [1.82, 2.24) is 10.6 Å². The topological polar surface area (TPSA) is 41.1 Å². The van der Waals surface area contributed by atoms with Crippen LogP contribution in [0.4, 0.5) is 0 Å². The van der Waals surface area contributed by atoms with Crippen molar-refractivity contribution in [3.63, 3.8) is 0 Å². The number of carbonyl (C=O) groups excluding carboxylic acids is 1. The molecule has 1 fully saturated rings. The minimum atomic E-state index is -0.123. The fourth-order valence-corrected chi connectivity index (χ4v) is 2.51. The van der Waals surface area contributed by atoms with Crippen LogP contribution in [0, 0.1) is 0 Å². The van der Waals surface area contributed by atoms with E-state index in [1.165, 1.54) is 0 Å². The molecule has 0 atom stereocenters. The van der Waals surface area contributed by atoms with Crippen molar-refractivity contribution in [2.24, 2.45) is 0 Å². The molecular formula is C13H16BrClN2O. The lowest BCUT2D eigenvalue weighted by molar-refractivity contribution is 0.0887. The smallest absolute Gasteiger partial charge is 0.251 e. The molecule has 1 aromatic rings. The second kappa shape index (κ2) is 5.59. The molecule has 0 aromatic heterocycles. The molecule has 0 bridgehead atoms. The molecule has 0 saturated carbocycles. The van der Waals surface area contributed by atoms with Gasteiger partial charge < -0.3 is 10.6 Å². The van der Waals surface area contributed by atoms with E-state index in [-0.39, 0.29) is 11.4 Å². The molecule has 18 heavy (non-hydrogen) atoms. The van der Waals surface area contributed by atoms with E-state index >= 15 is 0 Å². The normalized spacial score (nSPS) is 18.4. The fraction of sp³-hybridized carbons (Fsp3) is 0.462. The highest BCUT2D eigenvalue weighted by Crippen LogP contribution is 2.24. The Morgan fingerprint density at radius 1 is 1.44 bits per heavy atom. The summed E-state index contributed by atoms with van der Waals surface area (Å²) in [6.45, 7) is 3.97. The van der Waals surface area contributed by atoms with Crippen molar-refractivity contribution in [3.8, 4) is 0 Å². The average Bonchev–Trinajstić information content (AvgIpc) is 2.33. The maximum absolute atomic E-state index is 12.2. The number of nitrogens with one attached hydrogen (secondary N) is 2. The number of hydrogen-bond acceptors (Lipinski definition) is 2. The van der Waals surface area contributed by atoms with Gasteiger partial charge in [0.2, 0.25) is 0 Å². The quantitative estimate of drug-likeness (QED) is 0.875. The predicted octanol–water partition coefficient (Wildman–Crippen LogP) is 2.97. The first kappa shape index (κ1) is 13.8. The molecule has 1 aromatic carbocycles. The number of carbonyl (C=O) groups is 1. The van der Waals surface area contributed by atoms with Crippen LogP contribution in [0.2, 0.25) is 5.02 Å². The van der Waals surface area contributed by atoms with Crippen LogP contribution in [0.15, 0.2) is 22.7 Å². The second-order valence-corrected chi connectivity index (χ2v) is 6.16. The number of amides is 1. The van der Waals surface area contributed by atoms with Gasteiger partial charge in [-0.3, -0.25) is 4.79 Å². The largest absolute Gasteiger partial charge is 0.347 e. The van der Waals surface area contributed by atoms with E-state index in [0.717, 1.165) is 30.4 Å². The lowest BCUT2D eigenvalue weighted by Gasteiger charge is -2.35. The average molecular weight is 332 g/mol. The Kier molecular flexibility index (Phi) is 4.30. The van der Waals surface area contributed by atoms with E-state index in [1.807, 2.05) is 0 Å². The molecule has 1 saturated heterocycles. The van der Waals surface area contributed by atoms with E-state index in [1.54, 1.807) is 18.2 Å². The molecule has 1 amide bonds. The molecule has 98 valence electrons. The van der Waals surface area contributed by atoms with Crippen molar-refractivity contribution in [1.29, 1.82) is 0 Å². The Balaban J connectivity index is 2.09. The first-order valence-electron chi connectivity index (χ1n) is 5.98. The molecule has 1 aliphatic rings. The van der Waals surface area contributed by atoms with Crippen molar-refractivity contribution in [3.05, 3.63) is 33.3 Å². The van der Waals surface area contributed by atoms with E-state index in [4.69, 9.17) is 11.6 Å². The second-order valence-electron chi connectivity index (χ2n) is 4.89. The Bertz CT molecular complexity index is 458. The van der Waals surface area contributed by atoms with Crippen LogP contribution in [-0.4, -0.2) is 24.5 Å².